The third kappa shape index (κ3) is 10.7. The van der Waals surface area contributed by atoms with E-state index in [0.29, 0.717) is 0 Å². The Bertz CT molecular complexity index is 2240. The van der Waals surface area contributed by atoms with Crippen LogP contribution < -0.4 is 10.1 Å². The molecule has 5 heterocycles. The minimum Gasteiger partial charge on any atom is -0.507 e. The molecule has 10 unspecified atom stereocenters. The molecule has 7 rings (SSSR count). The number of allylic oxidation sites excluding steroid dienone is 4. The van der Waals surface area contributed by atoms with Gasteiger partial charge in [-0.25, -0.2) is 0 Å². The van der Waals surface area contributed by atoms with Crippen LogP contribution >= 0.6 is 0 Å². The number of phenols is 1. The van der Waals surface area contributed by atoms with Crippen LogP contribution in [0.1, 0.15) is 97.4 Å². The Morgan fingerprint density at radius 1 is 0.910 bits per heavy atom. The van der Waals surface area contributed by atoms with E-state index in [0.717, 1.165) is 32.2 Å². The molecule has 5 aliphatic heterocycles. The lowest BCUT2D eigenvalue weighted by Gasteiger charge is -2.38. The maximum atomic E-state index is 14.8. The number of carbonyl (C=O) groups excluding carboxylic acids is 6. The summed E-state index contributed by atoms with van der Waals surface area (Å²) >= 11 is 0. The number of aromatic hydroxyl groups is 1. The molecule has 0 radical (unpaired) electrons. The van der Waals surface area contributed by atoms with Gasteiger partial charge in [-0.3, -0.25) is 28.8 Å². The van der Waals surface area contributed by atoms with Crippen LogP contribution in [0, 0.1) is 36.5 Å². The number of carbonyl (C=O) groups is 6. The lowest BCUT2D eigenvalue weighted by Crippen LogP contribution is -2.47. The number of Topliss-reactive ketones (excluding diaryl/α,β-unsaturated/α-hetero) is 3. The molecule has 10 atom stereocenters. The number of ketones is 3. The summed E-state index contributed by atoms with van der Waals surface area (Å²) in [5.74, 6) is -10.8. The van der Waals surface area contributed by atoms with Gasteiger partial charge >= 0.3 is 17.7 Å². The van der Waals surface area contributed by atoms with Crippen LogP contribution in [0.15, 0.2) is 47.5 Å². The summed E-state index contributed by atoms with van der Waals surface area (Å²) in [6.45, 7) is 13.6. The first-order chi connectivity index (χ1) is 31.7. The quantitative estimate of drug-likeness (QED) is 0.226. The number of hydrogen-bond acceptors (Lipinski definition) is 17. The van der Waals surface area contributed by atoms with E-state index in [1.165, 1.54) is 40.0 Å². The highest BCUT2D eigenvalue weighted by molar-refractivity contribution is 6.32. The number of amides is 1. The molecule has 6 aliphatic rings. The lowest BCUT2D eigenvalue weighted by molar-refractivity contribution is -0.168. The summed E-state index contributed by atoms with van der Waals surface area (Å²) in [5, 5.41) is 37.5. The Morgan fingerprint density at radius 3 is 2.28 bits per heavy atom. The molecule has 366 valence electrons. The fourth-order valence-corrected chi connectivity index (χ4v) is 9.56. The first-order valence-electron chi connectivity index (χ1n) is 22.9. The zero-order valence-corrected chi connectivity index (χ0v) is 39.8. The Balaban J connectivity index is 1.37. The number of nitrogens with zero attached hydrogens (tertiary/aromatic N) is 2. The summed E-state index contributed by atoms with van der Waals surface area (Å²) in [6.07, 6.45) is 3.91. The van der Waals surface area contributed by atoms with E-state index in [1.54, 1.807) is 44.7 Å². The van der Waals surface area contributed by atoms with Crippen LogP contribution in [0.5, 0.6) is 11.5 Å². The number of benzene rings is 1. The molecule has 1 aromatic carbocycles. The monoisotopic (exact) mass is 935 g/mol. The molecule has 0 aromatic heterocycles. The van der Waals surface area contributed by atoms with Gasteiger partial charge in [-0.2, -0.15) is 0 Å². The number of aliphatic hydroxyl groups excluding tert-OH is 2. The highest BCUT2D eigenvalue weighted by atomic mass is 16.7. The van der Waals surface area contributed by atoms with Crippen LogP contribution in [-0.2, 0) is 38.1 Å². The van der Waals surface area contributed by atoms with Crippen LogP contribution in [0.3, 0.4) is 0 Å². The van der Waals surface area contributed by atoms with E-state index in [2.05, 4.69) is 10.2 Å². The smallest absolute Gasteiger partial charge is 0.317 e. The number of piperidine rings is 1. The van der Waals surface area contributed by atoms with Crippen molar-refractivity contribution >= 4 is 35.2 Å². The second-order valence-electron chi connectivity index (χ2n) is 18.6. The first-order valence-corrected chi connectivity index (χ1v) is 22.9. The number of nitrogens with one attached hydrogen (secondary N) is 1. The molecule has 0 saturated carbocycles. The maximum Gasteiger partial charge on any atom is 0.317 e. The summed E-state index contributed by atoms with van der Waals surface area (Å²) < 4.78 is 34.9. The fraction of sp³-hybridized carbons (Fsp3) is 0.592. The molecule has 0 spiro atoms. The third-order valence-corrected chi connectivity index (χ3v) is 13.7. The molecule has 2 saturated heterocycles. The van der Waals surface area contributed by atoms with E-state index in [4.69, 9.17) is 28.4 Å². The number of esters is 2. The average Bonchev–Trinajstić information content (AvgIpc) is 3.56. The average molecular weight is 936 g/mol. The minimum absolute atomic E-state index is 0.0246. The van der Waals surface area contributed by atoms with E-state index >= 15 is 0 Å². The number of hydrogen-bond donors (Lipinski definition) is 4. The predicted octanol–water partition coefficient (Wildman–Crippen LogP) is 3.55. The molecule has 18 heteroatoms. The number of morpholine rings is 1. The largest absolute Gasteiger partial charge is 0.507 e. The van der Waals surface area contributed by atoms with Crippen molar-refractivity contribution < 1.29 is 72.5 Å². The van der Waals surface area contributed by atoms with Gasteiger partial charge < -0.3 is 58.9 Å². The number of rotatable bonds is 7. The SMILES string of the molecule is COC1/C=C/OC2(C)Oc3c(C)c(O)c4c(c3C2=O)C(=O)C(N2CCOCC2)=C(NC(=O)/C(C)=C\C=C\C(C)C(O)C(C)C(O)C(C)C(OC(=O)CC(=O)OCC2CCCN(C)C2)C1C)C4=O. The van der Waals surface area contributed by atoms with Crippen molar-refractivity contribution in [1.82, 2.24) is 15.1 Å². The van der Waals surface area contributed by atoms with Crippen molar-refractivity contribution in [3.63, 3.8) is 0 Å². The summed E-state index contributed by atoms with van der Waals surface area (Å²) in [7, 11) is 3.39. The Kier molecular flexibility index (Phi) is 16.2. The van der Waals surface area contributed by atoms with Gasteiger partial charge in [0.05, 0.1) is 61.1 Å². The molecule has 2 fully saturated rings. The van der Waals surface area contributed by atoms with E-state index in [1.807, 2.05) is 7.05 Å². The van der Waals surface area contributed by atoms with Gasteiger partial charge in [0.2, 0.25) is 11.6 Å². The highest BCUT2D eigenvalue weighted by Gasteiger charge is 2.53. The topological polar surface area (TPSA) is 237 Å². The fourth-order valence-electron chi connectivity index (χ4n) is 9.56. The summed E-state index contributed by atoms with van der Waals surface area (Å²) in [6, 6.07) is 0. The van der Waals surface area contributed by atoms with Gasteiger partial charge in [0.1, 0.15) is 35.4 Å². The van der Waals surface area contributed by atoms with Gasteiger partial charge in [0, 0.05) is 74.4 Å². The van der Waals surface area contributed by atoms with Gasteiger partial charge in [-0.15, -0.1) is 0 Å². The van der Waals surface area contributed by atoms with Crippen molar-refractivity contribution in [2.24, 2.45) is 29.6 Å². The minimum atomic E-state index is -2.14. The van der Waals surface area contributed by atoms with Crippen LogP contribution in [0.2, 0.25) is 0 Å². The summed E-state index contributed by atoms with van der Waals surface area (Å²) in [5.41, 5.74) is -1.64. The normalized spacial score (nSPS) is 33.0. The second-order valence-corrected chi connectivity index (χ2v) is 18.6. The van der Waals surface area contributed by atoms with Gasteiger partial charge in [0.25, 0.3) is 11.7 Å². The Labute approximate surface area is 390 Å². The van der Waals surface area contributed by atoms with Crippen LogP contribution in [-0.4, -0.2) is 151 Å². The third-order valence-electron chi connectivity index (χ3n) is 13.7. The Hall–Kier alpha value is -5.40. The molecule has 1 aromatic rings. The molecular formula is C49H65N3O15. The number of ether oxygens (including phenoxy) is 6. The molecular weight excluding hydrogens is 871 g/mol. The molecule has 18 nitrogen and oxygen atoms in total. The zero-order chi connectivity index (χ0) is 49.1. The van der Waals surface area contributed by atoms with Crippen molar-refractivity contribution in [3.8, 4) is 11.5 Å². The lowest BCUT2D eigenvalue weighted by atomic mass is 9.78. The maximum absolute atomic E-state index is 14.8. The molecule has 67 heavy (non-hydrogen) atoms. The second kappa shape index (κ2) is 21.3. The van der Waals surface area contributed by atoms with Crippen molar-refractivity contribution in [1.29, 1.82) is 0 Å². The van der Waals surface area contributed by atoms with Crippen LogP contribution in [0.4, 0.5) is 0 Å². The van der Waals surface area contributed by atoms with E-state index < -0.39 is 112 Å². The highest BCUT2D eigenvalue weighted by Crippen LogP contribution is 2.49. The zero-order valence-electron chi connectivity index (χ0n) is 39.8. The number of methoxy groups -OCH3 is 1. The number of aliphatic hydroxyl groups is 2. The molecule has 1 amide bonds. The van der Waals surface area contributed by atoms with Crippen LogP contribution in [0.25, 0.3) is 0 Å². The van der Waals surface area contributed by atoms with E-state index in [-0.39, 0.29) is 72.7 Å². The molecule has 5 bridgehead atoms. The number of likely N-dealkylation sites (tertiary alicyclic amines) is 1. The predicted molar refractivity (Wildman–Crippen MR) is 241 cm³/mol. The van der Waals surface area contributed by atoms with Crippen molar-refractivity contribution in [3.05, 3.63) is 69.8 Å². The number of phenolic OH excluding ortho intramolecular Hbond substituents is 1. The van der Waals surface area contributed by atoms with Crippen molar-refractivity contribution in [2.75, 3.05) is 60.2 Å². The Morgan fingerprint density at radius 2 is 1.61 bits per heavy atom. The molecule has 1 aliphatic carbocycles. The standard InChI is InChI=1S/C49H65N3O15/c1-25-12-10-13-26(2)48(61)50-38-39(52-17-20-63-21-18-52)44(59)35-36(43(38)58)42(57)30(6)46-37(35)47(60)49(7,67-46)65-19-15-32(62-9)27(3)45(29(5)41(56)28(4)40(25)55)66-34(54)22-33(53)64-24-31-14-11-16-51(8)23-31/h10,12-13,15,19,25,27-29,31-32,40-41,45,55-57H,11,14,16-18,20-24H2,1-9H3,(H,50,61)/b12-10+,19-15+,26-13-. The molecule has 4 N–H and O–H groups in total. The first kappa shape index (κ1) is 51.0. The van der Waals surface area contributed by atoms with E-state index in [9.17, 15) is 44.1 Å². The van der Waals surface area contributed by atoms with Gasteiger partial charge in [0.15, 0.2) is 0 Å². The van der Waals surface area contributed by atoms with Gasteiger partial charge in [-0.05, 0) is 46.4 Å². The van der Waals surface area contributed by atoms with Gasteiger partial charge in [-0.1, -0.05) is 45.9 Å². The number of fused-ring (bicyclic) bond motifs is 14. The van der Waals surface area contributed by atoms with Crippen molar-refractivity contribution in [2.45, 2.75) is 97.9 Å². The summed E-state index contributed by atoms with van der Waals surface area (Å²) in [4.78, 5) is 87.8.